The number of allylic oxidation sites excluding steroid dienone is 1. The van der Waals surface area contributed by atoms with Gasteiger partial charge in [0.25, 0.3) is 5.69 Å². The van der Waals surface area contributed by atoms with E-state index in [1.807, 2.05) is 6.07 Å². The van der Waals surface area contributed by atoms with Crippen molar-refractivity contribution in [2.45, 2.75) is 12.8 Å². The van der Waals surface area contributed by atoms with Crippen LogP contribution in [-0.4, -0.2) is 32.0 Å². The van der Waals surface area contributed by atoms with Crippen LogP contribution in [0, 0.1) is 10.1 Å². The summed E-state index contributed by atoms with van der Waals surface area (Å²) in [6.45, 7) is 0. The van der Waals surface area contributed by atoms with Gasteiger partial charge < -0.3 is 14.2 Å². The van der Waals surface area contributed by atoms with E-state index in [0.29, 0.717) is 41.0 Å². The van der Waals surface area contributed by atoms with E-state index in [0.717, 1.165) is 5.56 Å². The highest BCUT2D eigenvalue weighted by atomic mass is 16.6. The number of rotatable bonds is 5. The molecule has 3 rings (SSSR count). The second-order valence-electron chi connectivity index (χ2n) is 6.04. The summed E-state index contributed by atoms with van der Waals surface area (Å²) >= 11 is 0. The Morgan fingerprint density at radius 1 is 1.00 bits per heavy atom. The molecule has 1 aliphatic carbocycles. The Hall–Kier alpha value is -3.35. The molecule has 0 unspecified atom stereocenters. The number of ketones is 1. The summed E-state index contributed by atoms with van der Waals surface area (Å²) in [7, 11) is 4.44. The van der Waals surface area contributed by atoms with Crippen molar-refractivity contribution in [3.63, 3.8) is 0 Å². The monoisotopic (exact) mass is 369 g/mol. The third-order valence-corrected chi connectivity index (χ3v) is 4.57. The fourth-order valence-electron chi connectivity index (χ4n) is 3.16. The van der Waals surface area contributed by atoms with E-state index in [9.17, 15) is 14.9 Å². The van der Waals surface area contributed by atoms with E-state index in [4.69, 9.17) is 14.2 Å². The molecule has 0 heterocycles. The van der Waals surface area contributed by atoms with Gasteiger partial charge in [-0.1, -0.05) is 0 Å². The van der Waals surface area contributed by atoms with Crippen molar-refractivity contribution >= 4 is 17.5 Å². The summed E-state index contributed by atoms with van der Waals surface area (Å²) < 4.78 is 15.6. The molecule has 0 atom stereocenters. The molecule has 0 aliphatic heterocycles. The van der Waals surface area contributed by atoms with E-state index in [1.54, 1.807) is 25.3 Å². The van der Waals surface area contributed by atoms with Crippen LogP contribution in [0.5, 0.6) is 17.2 Å². The first-order valence-electron chi connectivity index (χ1n) is 8.31. The van der Waals surface area contributed by atoms with Crippen molar-refractivity contribution in [1.29, 1.82) is 0 Å². The number of ether oxygens (including phenoxy) is 3. The number of carbonyl (C=O) groups is 1. The van der Waals surface area contributed by atoms with Crippen LogP contribution in [0.1, 0.15) is 27.9 Å². The van der Waals surface area contributed by atoms with Gasteiger partial charge in [0, 0.05) is 11.1 Å². The van der Waals surface area contributed by atoms with Crippen LogP contribution in [0.4, 0.5) is 5.69 Å². The number of nitro groups is 1. The summed E-state index contributed by atoms with van der Waals surface area (Å²) in [5.41, 5.74) is 2.18. The molecule has 0 N–H and O–H groups in total. The van der Waals surface area contributed by atoms with Gasteiger partial charge in [-0.25, -0.2) is 0 Å². The second kappa shape index (κ2) is 7.49. The molecule has 1 aliphatic rings. The van der Waals surface area contributed by atoms with Crippen LogP contribution in [0.15, 0.2) is 35.9 Å². The summed E-state index contributed by atoms with van der Waals surface area (Å²) in [5, 5.41) is 11.5. The van der Waals surface area contributed by atoms with Crippen molar-refractivity contribution in [2.24, 2.45) is 0 Å². The fourth-order valence-corrected chi connectivity index (χ4v) is 3.16. The number of fused-ring (bicyclic) bond motifs is 1. The van der Waals surface area contributed by atoms with Crippen molar-refractivity contribution in [3.8, 4) is 17.2 Å². The molecule has 2 aromatic rings. The zero-order valence-corrected chi connectivity index (χ0v) is 15.3. The lowest BCUT2D eigenvalue weighted by molar-refractivity contribution is -0.385. The zero-order chi connectivity index (χ0) is 19.6. The highest BCUT2D eigenvalue weighted by Crippen LogP contribution is 2.37. The lowest BCUT2D eigenvalue weighted by Crippen LogP contribution is -2.14. The number of Topliss-reactive ketones (excluding diaryl/α,β-unsaturated/α-hetero) is 1. The molecule has 2 aromatic carbocycles. The summed E-state index contributed by atoms with van der Waals surface area (Å²) in [5.74, 6) is 1.19. The van der Waals surface area contributed by atoms with Gasteiger partial charge >= 0.3 is 0 Å². The van der Waals surface area contributed by atoms with E-state index < -0.39 is 4.92 Å². The Morgan fingerprint density at radius 3 is 2.33 bits per heavy atom. The maximum atomic E-state index is 12.8. The molecule has 0 fully saturated rings. The molecule has 0 aromatic heterocycles. The van der Waals surface area contributed by atoms with Crippen LogP contribution in [0.2, 0.25) is 0 Å². The Balaban J connectivity index is 2.06. The lowest BCUT2D eigenvalue weighted by atomic mass is 9.85. The molecular weight excluding hydrogens is 350 g/mol. The van der Waals surface area contributed by atoms with Crippen LogP contribution >= 0.6 is 0 Å². The number of carbonyl (C=O) groups excluding carboxylic acids is 1. The van der Waals surface area contributed by atoms with Crippen molar-refractivity contribution in [2.75, 3.05) is 21.3 Å². The molecule has 0 radical (unpaired) electrons. The van der Waals surface area contributed by atoms with E-state index in [2.05, 4.69) is 0 Å². The second-order valence-corrected chi connectivity index (χ2v) is 6.04. The number of hydrogen-bond acceptors (Lipinski definition) is 6. The molecule has 0 bridgehead atoms. The van der Waals surface area contributed by atoms with Gasteiger partial charge in [0.15, 0.2) is 17.3 Å². The molecule has 140 valence electrons. The average molecular weight is 369 g/mol. The molecule has 7 heteroatoms. The molecule has 0 saturated carbocycles. The normalized spacial score (nSPS) is 14.6. The quantitative estimate of drug-likeness (QED) is 0.452. The molecular formula is C20H19NO6. The number of hydrogen-bond donors (Lipinski definition) is 0. The van der Waals surface area contributed by atoms with Crippen LogP contribution < -0.4 is 14.2 Å². The minimum absolute atomic E-state index is 0.136. The van der Waals surface area contributed by atoms with Gasteiger partial charge in [0.1, 0.15) is 5.75 Å². The van der Waals surface area contributed by atoms with Gasteiger partial charge in [-0.05, 0) is 48.7 Å². The molecule has 0 amide bonds. The maximum absolute atomic E-state index is 12.8. The molecule has 0 spiro atoms. The number of nitro benzene ring substituents is 1. The predicted molar refractivity (Wildman–Crippen MR) is 99.8 cm³/mol. The maximum Gasteiger partial charge on any atom is 0.280 e. The first kappa shape index (κ1) is 18.4. The third kappa shape index (κ3) is 3.48. The first-order valence-corrected chi connectivity index (χ1v) is 8.31. The largest absolute Gasteiger partial charge is 0.497 e. The third-order valence-electron chi connectivity index (χ3n) is 4.57. The van der Waals surface area contributed by atoms with Gasteiger partial charge in [0.05, 0.1) is 37.9 Å². The highest BCUT2D eigenvalue weighted by Gasteiger charge is 2.25. The van der Waals surface area contributed by atoms with Gasteiger partial charge in [-0.2, -0.15) is 0 Å². The number of methoxy groups -OCH3 is 3. The molecule has 0 saturated heterocycles. The number of nitrogens with zero attached hydrogens (tertiary/aromatic N) is 1. The van der Waals surface area contributed by atoms with Gasteiger partial charge in [0.2, 0.25) is 0 Å². The van der Waals surface area contributed by atoms with Crippen LogP contribution in [-0.2, 0) is 6.42 Å². The number of aryl methyl sites for hydroxylation is 1. The Bertz CT molecular complexity index is 948. The van der Waals surface area contributed by atoms with E-state index in [1.165, 1.54) is 26.4 Å². The van der Waals surface area contributed by atoms with Gasteiger partial charge in [-0.15, -0.1) is 0 Å². The fraction of sp³-hybridized carbons (Fsp3) is 0.250. The van der Waals surface area contributed by atoms with Crippen molar-refractivity contribution in [1.82, 2.24) is 0 Å². The molecule has 7 nitrogen and oxygen atoms in total. The summed E-state index contributed by atoms with van der Waals surface area (Å²) in [6.07, 6.45) is 2.71. The summed E-state index contributed by atoms with van der Waals surface area (Å²) in [6, 6.07) is 8.13. The predicted octanol–water partition coefficient (Wildman–Crippen LogP) is 3.83. The number of benzene rings is 2. The van der Waals surface area contributed by atoms with Crippen LogP contribution in [0.3, 0.4) is 0 Å². The highest BCUT2D eigenvalue weighted by molar-refractivity contribution is 6.13. The smallest absolute Gasteiger partial charge is 0.280 e. The Kier molecular flexibility index (Phi) is 5.12. The SMILES string of the molecule is COc1ccc2c(c1)CCC(=Cc1cc(OC)c(OC)cc1[N+](=O)[O-])C2=O. The van der Waals surface area contributed by atoms with Crippen LogP contribution in [0.25, 0.3) is 6.08 Å². The minimum Gasteiger partial charge on any atom is -0.497 e. The van der Waals surface area contributed by atoms with E-state index >= 15 is 0 Å². The summed E-state index contributed by atoms with van der Waals surface area (Å²) in [4.78, 5) is 23.8. The van der Waals surface area contributed by atoms with Crippen molar-refractivity contribution in [3.05, 3.63) is 62.7 Å². The minimum atomic E-state index is -0.500. The standard InChI is InChI=1S/C20H19NO6/c1-25-15-6-7-16-12(9-15)4-5-13(20(16)22)8-14-10-18(26-2)19(27-3)11-17(14)21(23)24/h6-11H,4-5H2,1-3H3. The Morgan fingerprint density at radius 2 is 1.70 bits per heavy atom. The topological polar surface area (TPSA) is 87.9 Å². The first-order chi connectivity index (χ1) is 13.0. The Labute approximate surface area is 156 Å². The molecule has 27 heavy (non-hydrogen) atoms. The van der Waals surface area contributed by atoms with Gasteiger partial charge in [-0.3, -0.25) is 14.9 Å². The lowest BCUT2D eigenvalue weighted by Gasteiger charge is -2.18. The zero-order valence-electron chi connectivity index (χ0n) is 15.3. The van der Waals surface area contributed by atoms with E-state index in [-0.39, 0.29) is 17.2 Å². The van der Waals surface area contributed by atoms with Crippen molar-refractivity contribution < 1.29 is 23.9 Å². The average Bonchev–Trinajstić information content (AvgIpc) is 2.69.